The van der Waals surface area contributed by atoms with Crippen LogP contribution in [0.2, 0.25) is 52.4 Å². The average Bonchev–Trinajstić information content (AvgIpc) is 0.707. The third-order valence-electron chi connectivity index (χ3n) is 15.3. The molecule has 0 aromatic heterocycles. The first-order valence-electron chi connectivity index (χ1n) is 31.1. The fourth-order valence-electron chi connectivity index (χ4n) is 9.52. The van der Waals surface area contributed by atoms with E-state index in [9.17, 15) is 0 Å². The predicted octanol–water partition coefficient (Wildman–Crippen LogP) is 12.9. The second-order valence-corrected chi connectivity index (χ2v) is 52.2. The Morgan fingerprint density at radius 1 is 0.250 bits per heavy atom. The lowest BCUT2D eigenvalue weighted by Gasteiger charge is -2.53. The lowest BCUT2D eigenvalue weighted by Crippen LogP contribution is -2.85. The predicted molar refractivity (Wildman–Crippen MR) is 403 cm³/mol. The molecule has 0 unspecified atom stereocenters. The minimum Gasteiger partial charge on any atom is -0.497 e. The van der Waals surface area contributed by atoms with Crippen LogP contribution in [0.3, 0.4) is 0 Å². The normalized spacial score (nSPS) is 18.6. The molecular formula is C76H80O12Si8. The van der Waals surface area contributed by atoms with Gasteiger partial charge >= 0.3 is 35.2 Å². The molecular weight excluding hydrogens is 1330 g/mol. The molecule has 0 aliphatic carbocycles. The van der Waals surface area contributed by atoms with E-state index in [2.05, 4.69) is 73.7 Å². The second-order valence-electron chi connectivity index (χ2n) is 24.5. The lowest BCUT2D eigenvalue weighted by molar-refractivity contribution is 0.105. The van der Waals surface area contributed by atoms with Gasteiger partial charge in [-0.2, -0.15) is 0 Å². The molecule has 1 fully saturated rings. The highest BCUT2D eigenvalue weighted by atomic mass is 28.6. The molecule has 1 saturated heterocycles. The van der Waals surface area contributed by atoms with Crippen LogP contribution < -0.4 is 39.7 Å². The van der Waals surface area contributed by atoms with Crippen LogP contribution in [-0.2, 0) is 32.9 Å². The van der Waals surface area contributed by atoms with Crippen molar-refractivity contribution in [2.45, 2.75) is 52.4 Å². The highest BCUT2D eigenvalue weighted by molar-refractivity contribution is 7.07. The summed E-state index contributed by atoms with van der Waals surface area (Å²) in [5, 5.41) is 2.18. The van der Waals surface area contributed by atoms with Crippen molar-refractivity contribution in [2.24, 2.45) is 0 Å². The number of hydrogen-bond acceptors (Lipinski definition) is 12. The summed E-state index contributed by atoms with van der Waals surface area (Å²) < 4.78 is 87.0. The third kappa shape index (κ3) is 18.2. The molecule has 0 saturated carbocycles. The summed E-state index contributed by atoms with van der Waals surface area (Å²) in [6.45, 7) is 33.9. The number of methoxy groups -OCH3 is 4. The summed E-state index contributed by atoms with van der Waals surface area (Å²) in [7, 11) is -25.5. The molecule has 0 bridgehead atoms. The Balaban J connectivity index is 1.38. The monoisotopic (exact) mass is 1410 g/mol. The highest BCUT2D eigenvalue weighted by Crippen LogP contribution is 2.39. The van der Waals surface area contributed by atoms with Crippen molar-refractivity contribution < 1.29 is 51.9 Å². The molecule has 1 heterocycles. The van der Waals surface area contributed by atoms with Gasteiger partial charge in [0.1, 0.15) is 23.0 Å². The molecule has 8 aromatic rings. The molecule has 8 aromatic carbocycles. The SMILES string of the molecule is C=C[Si](C)(C)O[Si]1(c2ccc(C#Cc3ccc(OC)cc3)cc2)O[Si](O[Si](C)(C)C=C)(c2ccc(C#Cc3ccc(OC)cc3)cc2)O[Si](O[Si](C)(C)C=C)(c2ccc(C#Cc3ccc(OC)cc3)cc2)O[Si](O[Si](C)(C)C=C)(c2ccc(C#Cc3ccc(OC)cc3)cc2)O1. The zero-order valence-electron chi connectivity index (χ0n) is 56.5. The molecule has 1 aliphatic rings. The van der Waals surface area contributed by atoms with E-state index in [-0.39, 0.29) is 0 Å². The summed E-state index contributed by atoms with van der Waals surface area (Å²) in [6, 6.07) is 61.5. The fourth-order valence-corrected chi connectivity index (χ4v) is 42.1. The Morgan fingerprint density at radius 3 is 0.510 bits per heavy atom. The summed E-state index contributed by atoms with van der Waals surface area (Å²) in [5.41, 5.74) is 13.5. The van der Waals surface area contributed by atoms with Crippen molar-refractivity contribution in [3.05, 3.63) is 288 Å². The van der Waals surface area contributed by atoms with E-state index >= 15 is 0 Å². The smallest absolute Gasteiger partial charge is 0.497 e. The van der Waals surface area contributed by atoms with E-state index < -0.39 is 68.5 Å². The Morgan fingerprint density at radius 2 is 0.385 bits per heavy atom. The number of hydrogen-bond donors (Lipinski definition) is 0. The Bertz CT molecular complexity index is 3750. The van der Waals surface area contributed by atoms with Gasteiger partial charge in [-0.05, 0) is 198 Å². The van der Waals surface area contributed by atoms with Gasteiger partial charge in [-0.15, -0.1) is 26.3 Å². The van der Waals surface area contributed by atoms with Crippen LogP contribution in [0, 0.1) is 47.4 Å². The van der Waals surface area contributed by atoms with Gasteiger partial charge in [-0.3, -0.25) is 0 Å². The molecule has 20 heteroatoms. The first-order chi connectivity index (χ1) is 45.8. The lowest BCUT2D eigenvalue weighted by atomic mass is 10.2. The third-order valence-corrected chi connectivity index (χ3v) is 44.8. The van der Waals surface area contributed by atoms with Crippen LogP contribution in [0.25, 0.3) is 0 Å². The zero-order chi connectivity index (χ0) is 68.8. The number of ether oxygens (including phenoxy) is 4. The van der Waals surface area contributed by atoms with Crippen molar-refractivity contribution in [3.63, 3.8) is 0 Å². The molecule has 0 N–H and O–H groups in total. The Kier molecular flexibility index (Phi) is 23.0. The van der Waals surface area contributed by atoms with Crippen LogP contribution in [0.5, 0.6) is 23.0 Å². The molecule has 0 atom stereocenters. The van der Waals surface area contributed by atoms with Crippen molar-refractivity contribution in [1.29, 1.82) is 0 Å². The van der Waals surface area contributed by atoms with Gasteiger partial charge in [0, 0.05) is 65.3 Å². The maximum Gasteiger partial charge on any atom is 0.512 e. The molecule has 488 valence electrons. The van der Waals surface area contributed by atoms with Crippen molar-refractivity contribution in [2.75, 3.05) is 28.4 Å². The van der Waals surface area contributed by atoms with Crippen LogP contribution in [-0.4, -0.2) is 96.9 Å². The van der Waals surface area contributed by atoms with Crippen LogP contribution >= 0.6 is 0 Å². The van der Waals surface area contributed by atoms with E-state index in [0.717, 1.165) is 45.3 Å². The minimum absolute atomic E-state index is 0.545. The molecule has 9 rings (SSSR count). The summed E-state index contributed by atoms with van der Waals surface area (Å²) >= 11 is 0. The van der Waals surface area contributed by atoms with Gasteiger partial charge < -0.3 is 51.9 Å². The topological polar surface area (TPSA) is 111 Å². The fraction of sp³-hybridized carbons (Fsp3) is 0.158. The van der Waals surface area contributed by atoms with E-state index in [0.29, 0.717) is 43.0 Å². The van der Waals surface area contributed by atoms with E-state index in [1.807, 2.05) is 269 Å². The van der Waals surface area contributed by atoms with Crippen molar-refractivity contribution >= 4 is 89.2 Å². The zero-order valence-corrected chi connectivity index (χ0v) is 64.5. The van der Waals surface area contributed by atoms with Gasteiger partial charge in [0.05, 0.1) is 28.4 Å². The Hall–Kier alpha value is -8.42. The van der Waals surface area contributed by atoms with Gasteiger partial charge in [0.15, 0.2) is 0 Å². The van der Waals surface area contributed by atoms with Gasteiger partial charge in [-0.1, -0.05) is 119 Å². The highest BCUT2D eigenvalue weighted by Gasteiger charge is 2.73. The van der Waals surface area contributed by atoms with Crippen LogP contribution in [0.4, 0.5) is 0 Å². The van der Waals surface area contributed by atoms with E-state index in [4.69, 9.17) is 51.9 Å². The molecule has 96 heavy (non-hydrogen) atoms. The second kappa shape index (κ2) is 30.8. The Labute approximate surface area is 576 Å². The minimum atomic E-state index is -4.85. The average molecular weight is 1410 g/mol. The molecule has 12 nitrogen and oxygen atoms in total. The molecule has 0 spiro atoms. The van der Waals surface area contributed by atoms with Crippen molar-refractivity contribution in [3.8, 4) is 70.4 Å². The maximum absolute atomic E-state index is 8.41. The molecule has 0 radical (unpaired) electrons. The first kappa shape index (κ1) is 71.9. The van der Waals surface area contributed by atoms with Gasteiger partial charge in [-0.25, -0.2) is 0 Å². The largest absolute Gasteiger partial charge is 0.512 e. The summed E-state index contributed by atoms with van der Waals surface area (Å²) in [5.74, 6) is 29.7. The van der Waals surface area contributed by atoms with E-state index in [1.54, 1.807) is 28.4 Å². The van der Waals surface area contributed by atoms with Gasteiger partial charge in [0.2, 0.25) is 33.3 Å². The number of rotatable bonds is 20. The number of benzene rings is 8. The standard InChI is InChI=1S/C76H80O12Si8/c1-17-89(9,10)81-93(73-53-37-65(38-54-73)25-21-61-29-45-69(77-5)46-30-61)85-94(82-90(11,12)18-2,74-55-39-66(40-56-74)26-22-62-31-47-70(78-6)48-32-62)87-96(84-92(15,16)20-4,76-59-43-68(44-60-76)28-24-64-35-51-72(80-8)52-36-64)88-95(86-93,83-91(13,14)19-3)75-57-41-67(42-58-75)27-23-63-33-49-71(79-7)50-34-63/h17-20,29-60H,1-4H2,5-16H3. The van der Waals surface area contributed by atoms with Crippen molar-refractivity contribution in [1.82, 2.24) is 0 Å². The van der Waals surface area contributed by atoms with Crippen LogP contribution in [0.15, 0.2) is 243 Å². The molecule has 0 amide bonds. The molecule has 1 aliphatic heterocycles. The first-order valence-corrected chi connectivity index (χ1v) is 49.9. The quantitative estimate of drug-likeness (QED) is 0.0535. The van der Waals surface area contributed by atoms with Crippen LogP contribution in [0.1, 0.15) is 44.5 Å². The van der Waals surface area contributed by atoms with E-state index in [1.165, 1.54) is 0 Å². The van der Waals surface area contributed by atoms with Gasteiger partial charge in [0.25, 0.3) is 0 Å². The maximum atomic E-state index is 8.41. The summed E-state index contributed by atoms with van der Waals surface area (Å²) in [6.07, 6.45) is 0. The summed E-state index contributed by atoms with van der Waals surface area (Å²) in [4.78, 5) is 0.